The summed E-state index contributed by atoms with van der Waals surface area (Å²) in [5.74, 6) is 0.665. The van der Waals surface area contributed by atoms with Crippen LogP contribution in [0.2, 0.25) is 0 Å². The molecule has 158 valence electrons. The summed E-state index contributed by atoms with van der Waals surface area (Å²) in [6.45, 7) is 1.62. The predicted molar refractivity (Wildman–Crippen MR) is 120 cm³/mol. The number of imidazole rings is 1. The minimum atomic E-state index is -0.252. The number of H-pyrrole nitrogens is 1. The van der Waals surface area contributed by atoms with Crippen LogP contribution in [0.1, 0.15) is 47.1 Å². The predicted octanol–water partition coefficient (Wildman–Crippen LogP) is 4.64. The third kappa shape index (κ3) is 4.09. The van der Waals surface area contributed by atoms with Gasteiger partial charge < -0.3 is 10.7 Å². The van der Waals surface area contributed by atoms with Gasteiger partial charge >= 0.3 is 0 Å². The molecular formula is C25H26FN5. The molecule has 0 bridgehead atoms. The number of para-hydroxylation sites is 2. The number of nitrogens with one attached hydrogen (secondary N) is 1. The van der Waals surface area contributed by atoms with E-state index in [2.05, 4.69) is 16.0 Å². The molecule has 2 heterocycles. The lowest BCUT2D eigenvalue weighted by Gasteiger charge is -2.35. The summed E-state index contributed by atoms with van der Waals surface area (Å²) in [7, 11) is 0. The Bertz CT molecular complexity index is 1170. The second-order valence-electron chi connectivity index (χ2n) is 8.18. The lowest BCUT2D eigenvalue weighted by Crippen LogP contribution is -2.32. The molecule has 1 aliphatic rings. The second-order valence-corrected chi connectivity index (χ2v) is 8.18. The van der Waals surface area contributed by atoms with Crippen LogP contribution in [0, 0.1) is 5.82 Å². The summed E-state index contributed by atoms with van der Waals surface area (Å²) >= 11 is 0. The van der Waals surface area contributed by atoms with Crippen molar-refractivity contribution in [1.29, 1.82) is 0 Å². The molecule has 1 aliphatic carbocycles. The molecule has 0 aliphatic heterocycles. The van der Waals surface area contributed by atoms with Gasteiger partial charge in [0.15, 0.2) is 0 Å². The first-order chi connectivity index (χ1) is 15.2. The number of nitrogens with zero attached hydrogens (tertiary/aromatic N) is 3. The van der Waals surface area contributed by atoms with Gasteiger partial charge in [-0.15, -0.1) is 0 Å². The van der Waals surface area contributed by atoms with Crippen molar-refractivity contribution < 1.29 is 4.39 Å². The van der Waals surface area contributed by atoms with Crippen LogP contribution in [-0.2, 0) is 26.1 Å². The van der Waals surface area contributed by atoms with Gasteiger partial charge in [0, 0.05) is 19.3 Å². The lowest BCUT2D eigenvalue weighted by atomic mass is 9.90. The van der Waals surface area contributed by atoms with Gasteiger partial charge in [-0.05, 0) is 66.3 Å². The van der Waals surface area contributed by atoms with Gasteiger partial charge in [0.2, 0.25) is 0 Å². The number of nitrogens with two attached hydrogens (primary N) is 1. The van der Waals surface area contributed by atoms with Crippen LogP contribution in [0.5, 0.6) is 0 Å². The molecule has 1 atom stereocenters. The van der Waals surface area contributed by atoms with Crippen molar-refractivity contribution in [1.82, 2.24) is 19.9 Å². The van der Waals surface area contributed by atoms with Gasteiger partial charge in [-0.3, -0.25) is 9.88 Å². The first-order valence-corrected chi connectivity index (χ1v) is 10.8. The highest BCUT2D eigenvalue weighted by atomic mass is 19.1. The van der Waals surface area contributed by atoms with Gasteiger partial charge in [-0.1, -0.05) is 24.3 Å². The molecule has 5 nitrogen and oxygen atoms in total. The van der Waals surface area contributed by atoms with Crippen molar-refractivity contribution in [3.8, 4) is 0 Å². The van der Waals surface area contributed by atoms with Gasteiger partial charge in [0.05, 0.1) is 29.3 Å². The van der Waals surface area contributed by atoms with Crippen molar-refractivity contribution in [3.63, 3.8) is 0 Å². The van der Waals surface area contributed by atoms with Gasteiger partial charge in [0.25, 0.3) is 0 Å². The van der Waals surface area contributed by atoms with Crippen molar-refractivity contribution in [2.75, 3.05) is 0 Å². The average molecular weight is 416 g/mol. The largest absolute Gasteiger partial charge is 0.341 e. The number of aromatic nitrogens is 3. The second kappa shape index (κ2) is 8.57. The Morgan fingerprint density at radius 3 is 2.84 bits per heavy atom. The molecule has 1 unspecified atom stereocenters. The van der Waals surface area contributed by atoms with E-state index in [9.17, 15) is 4.39 Å². The Balaban J connectivity index is 1.52. The zero-order valence-electron chi connectivity index (χ0n) is 17.4. The number of hydrogen-bond donors (Lipinski definition) is 2. The Labute approximate surface area is 181 Å². The molecule has 0 spiro atoms. The highest BCUT2D eigenvalue weighted by Crippen LogP contribution is 2.35. The number of hydrogen-bond acceptors (Lipinski definition) is 4. The third-order valence-corrected chi connectivity index (χ3v) is 6.16. The molecule has 6 heteroatoms. The Hall–Kier alpha value is -3.09. The minimum absolute atomic E-state index is 0.175. The first kappa shape index (κ1) is 19.8. The van der Waals surface area contributed by atoms with E-state index >= 15 is 0 Å². The van der Waals surface area contributed by atoms with Crippen LogP contribution in [0.15, 0.2) is 60.8 Å². The van der Waals surface area contributed by atoms with E-state index in [1.165, 1.54) is 11.6 Å². The Morgan fingerprint density at radius 1 is 1.06 bits per heavy atom. The quantitative estimate of drug-likeness (QED) is 0.481. The van der Waals surface area contributed by atoms with Crippen LogP contribution in [-0.4, -0.2) is 19.9 Å². The van der Waals surface area contributed by atoms with E-state index < -0.39 is 0 Å². The normalized spacial score (nSPS) is 16.0. The molecule has 31 heavy (non-hydrogen) atoms. The van der Waals surface area contributed by atoms with E-state index in [1.807, 2.05) is 42.6 Å². The highest BCUT2D eigenvalue weighted by molar-refractivity contribution is 5.74. The molecule has 2 aromatic carbocycles. The zero-order chi connectivity index (χ0) is 21.2. The maximum Gasteiger partial charge on any atom is 0.123 e. The van der Waals surface area contributed by atoms with E-state index in [-0.39, 0.29) is 11.9 Å². The van der Waals surface area contributed by atoms with Crippen LogP contribution in [0.4, 0.5) is 4.39 Å². The van der Waals surface area contributed by atoms with Gasteiger partial charge in [0.1, 0.15) is 11.6 Å². The first-order valence-electron chi connectivity index (χ1n) is 10.8. The maximum atomic E-state index is 13.8. The zero-order valence-corrected chi connectivity index (χ0v) is 17.4. The minimum Gasteiger partial charge on any atom is -0.341 e. The third-order valence-electron chi connectivity index (χ3n) is 6.16. The topological polar surface area (TPSA) is 70.8 Å². The van der Waals surface area contributed by atoms with Crippen LogP contribution < -0.4 is 5.73 Å². The fourth-order valence-electron chi connectivity index (χ4n) is 4.65. The molecule has 3 N–H and O–H groups in total. The molecule has 0 radical (unpaired) electrons. The Kier molecular flexibility index (Phi) is 5.49. The van der Waals surface area contributed by atoms with Crippen molar-refractivity contribution in [2.24, 2.45) is 5.73 Å². The molecule has 0 amide bonds. The van der Waals surface area contributed by atoms with Crippen LogP contribution in [0.3, 0.4) is 0 Å². The van der Waals surface area contributed by atoms with Crippen molar-refractivity contribution in [2.45, 2.75) is 44.9 Å². The van der Waals surface area contributed by atoms with Crippen LogP contribution >= 0.6 is 0 Å². The standard InChI is InChI=1S/C25H26FN5/c26-20-11-10-18(19(13-20)14-27)15-31(16-24-29-21-7-1-2-8-22(21)30-24)23-9-3-5-17-6-4-12-28-25(17)23/h1-2,4,6-8,10-13,23H,3,5,9,14-16,27H2,(H,29,30). The van der Waals surface area contributed by atoms with E-state index in [1.54, 1.807) is 6.07 Å². The van der Waals surface area contributed by atoms with E-state index in [4.69, 9.17) is 15.7 Å². The Morgan fingerprint density at radius 2 is 1.97 bits per heavy atom. The number of aryl methyl sites for hydroxylation is 1. The maximum absolute atomic E-state index is 13.8. The summed E-state index contributed by atoms with van der Waals surface area (Å²) in [5.41, 5.74) is 12.3. The van der Waals surface area contributed by atoms with Crippen molar-refractivity contribution in [3.05, 3.63) is 94.8 Å². The highest BCUT2D eigenvalue weighted by Gasteiger charge is 2.28. The molecule has 4 aromatic rings. The smallest absolute Gasteiger partial charge is 0.123 e. The number of rotatable bonds is 6. The summed E-state index contributed by atoms with van der Waals surface area (Å²) < 4.78 is 13.8. The molecule has 2 aromatic heterocycles. The molecule has 0 fully saturated rings. The summed E-state index contributed by atoms with van der Waals surface area (Å²) in [6, 6.07) is 17.3. The summed E-state index contributed by atoms with van der Waals surface area (Å²) in [5, 5.41) is 0. The number of fused-ring (bicyclic) bond motifs is 2. The van der Waals surface area contributed by atoms with Gasteiger partial charge in [-0.2, -0.15) is 0 Å². The molecule has 0 saturated heterocycles. The number of benzene rings is 2. The van der Waals surface area contributed by atoms with Crippen molar-refractivity contribution >= 4 is 11.0 Å². The fourth-order valence-corrected chi connectivity index (χ4v) is 4.65. The van der Waals surface area contributed by atoms with Crippen LogP contribution in [0.25, 0.3) is 11.0 Å². The SMILES string of the molecule is NCc1cc(F)ccc1CN(Cc1nc2ccccc2[nH]1)C1CCCc2cccnc21. The van der Waals surface area contributed by atoms with Gasteiger partial charge in [-0.25, -0.2) is 9.37 Å². The monoisotopic (exact) mass is 415 g/mol. The molecular weight excluding hydrogens is 389 g/mol. The fraction of sp³-hybridized carbons (Fsp3) is 0.280. The molecule has 5 rings (SSSR count). The number of pyridine rings is 1. The number of aromatic amines is 1. The average Bonchev–Trinajstić information content (AvgIpc) is 3.21. The van der Waals surface area contributed by atoms with E-state index in [0.717, 1.165) is 52.9 Å². The van der Waals surface area contributed by atoms with E-state index in [0.29, 0.717) is 19.6 Å². The lowest BCUT2D eigenvalue weighted by molar-refractivity contribution is 0.153. The summed E-state index contributed by atoms with van der Waals surface area (Å²) in [4.78, 5) is 15.4. The summed E-state index contributed by atoms with van der Waals surface area (Å²) in [6.07, 6.45) is 5.08. The number of halogens is 1. The molecule has 0 saturated carbocycles.